The maximum atomic E-state index is 13.3. The lowest BCUT2D eigenvalue weighted by Crippen LogP contribution is -2.51. The number of hydroxylamine groups is 2. The Balaban J connectivity index is 2.10. The first kappa shape index (κ1) is 19.9. The van der Waals surface area contributed by atoms with E-state index in [1.807, 2.05) is 32.9 Å². The zero-order valence-electron chi connectivity index (χ0n) is 16.8. The molecular weight excluding hydrogens is 346 g/mol. The Labute approximate surface area is 160 Å². The molecule has 1 amide bonds. The Bertz CT molecular complexity index is 739. The number of amides is 1. The third kappa shape index (κ3) is 3.26. The summed E-state index contributed by atoms with van der Waals surface area (Å²) in [6.07, 6.45) is 2.80. The molecule has 1 aromatic rings. The predicted octanol–water partition coefficient (Wildman–Crippen LogP) is 3.59. The monoisotopic (exact) mass is 375 g/mol. The van der Waals surface area contributed by atoms with Crippen molar-refractivity contribution in [3.63, 3.8) is 0 Å². The van der Waals surface area contributed by atoms with Crippen LogP contribution in [-0.4, -0.2) is 48.7 Å². The van der Waals surface area contributed by atoms with E-state index in [0.717, 1.165) is 35.1 Å². The van der Waals surface area contributed by atoms with Crippen molar-refractivity contribution in [3.8, 4) is 0 Å². The zero-order chi connectivity index (χ0) is 19.8. The van der Waals surface area contributed by atoms with Gasteiger partial charge in [-0.05, 0) is 63.1 Å². The van der Waals surface area contributed by atoms with Gasteiger partial charge in [0.2, 0.25) is 0 Å². The van der Waals surface area contributed by atoms with Crippen molar-refractivity contribution in [2.75, 3.05) is 21.0 Å². The Morgan fingerprint density at radius 2 is 1.74 bits per heavy atom. The van der Waals surface area contributed by atoms with E-state index < -0.39 is 5.54 Å². The molecular formula is C21H29NO5. The van der Waals surface area contributed by atoms with Crippen LogP contribution < -0.4 is 0 Å². The molecule has 1 aliphatic heterocycles. The Morgan fingerprint density at radius 3 is 2.26 bits per heavy atom. The highest BCUT2D eigenvalue weighted by Gasteiger charge is 2.55. The molecule has 0 atom stereocenters. The number of ether oxygens (including phenoxy) is 2. The maximum absolute atomic E-state index is 13.3. The van der Waals surface area contributed by atoms with E-state index >= 15 is 0 Å². The van der Waals surface area contributed by atoms with Crippen molar-refractivity contribution in [2.45, 2.75) is 58.1 Å². The highest BCUT2D eigenvalue weighted by molar-refractivity contribution is 6.23. The lowest BCUT2D eigenvalue weighted by atomic mass is 9.78. The van der Waals surface area contributed by atoms with E-state index in [1.54, 1.807) is 7.11 Å². The molecule has 1 aliphatic carbocycles. The topological polar surface area (TPSA) is 68.2 Å². The first-order chi connectivity index (χ1) is 12.9. The van der Waals surface area contributed by atoms with Crippen molar-refractivity contribution < 1.29 is 24.2 Å². The normalized spacial score (nSPS) is 25.7. The van der Waals surface area contributed by atoms with Crippen molar-refractivity contribution in [1.82, 2.24) is 5.06 Å². The van der Waals surface area contributed by atoms with E-state index in [1.165, 1.54) is 12.2 Å². The summed E-state index contributed by atoms with van der Waals surface area (Å²) in [5.74, 6) is -0.205. The quantitative estimate of drug-likeness (QED) is 0.797. The first-order valence-electron chi connectivity index (χ1n) is 9.37. The average molecular weight is 375 g/mol. The fourth-order valence-corrected chi connectivity index (χ4v) is 4.56. The van der Waals surface area contributed by atoms with E-state index in [9.17, 15) is 9.90 Å². The van der Waals surface area contributed by atoms with Crippen LogP contribution in [0.15, 0.2) is 17.9 Å². The molecule has 148 valence electrons. The third-order valence-electron chi connectivity index (χ3n) is 5.78. The van der Waals surface area contributed by atoms with Crippen LogP contribution in [0.3, 0.4) is 0 Å². The number of rotatable bonds is 5. The molecule has 1 saturated carbocycles. The van der Waals surface area contributed by atoms with Gasteiger partial charge in [0, 0.05) is 14.2 Å². The summed E-state index contributed by atoms with van der Waals surface area (Å²) in [6.45, 7) is 5.91. The van der Waals surface area contributed by atoms with Crippen molar-refractivity contribution >= 4 is 11.5 Å². The maximum Gasteiger partial charge on any atom is 0.282 e. The molecule has 1 spiro atoms. The highest BCUT2D eigenvalue weighted by Crippen LogP contribution is 2.48. The smallest absolute Gasteiger partial charge is 0.282 e. The van der Waals surface area contributed by atoms with Crippen LogP contribution >= 0.6 is 0 Å². The van der Waals surface area contributed by atoms with Crippen LogP contribution in [0.5, 0.6) is 0 Å². The van der Waals surface area contributed by atoms with Gasteiger partial charge in [-0.2, -0.15) is 0 Å². The Hall–Kier alpha value is -1.89. The molecule has 0 bridgehead atoms. The second-order valence-corrected chi connectivity index (χ2v) is 7.60. The van der Waals surface area contributed by atoms with Crippen molar-refractivity contribution in [2.24, 2.45) is 0 Å². The van der Waals surface area contributed by atoms with Gasteiger partial charge in [0.05, 0.1) is 11.7 Å². The second-order valence-electron chi connectivity index (χ2n) is 7.60. The number of hydrogen-bond acceptors (Lipinski definition) is 5. The van der Waals surface area contributed by atoms with Crippen LogP contribution in [0.1, 0.15) is 47.9 Å². The Morgan fingerprint density at radius 1 is 1.15 bits per heavy atom. The van der Waals surface area contributed by atoms with E-state index in [4.69, 9.17) is 14.3 Å². The molecule has 2 aliphatic rings. The van der Waals surface area contributed by atoms with Crippen LogP contribution in [0.4, 0.5) is 0 Å². The number of nitrogens with zero attached hydrogens (tertiary/aromatic N) is 1. The summed E-state index contributed by atoms with van der Waals surface area (Å²) in [4.78, 5) is 19.0. The lowest BCUT2D eigenvalue weighted by molar-refractivity contribution is -0.250. The van der Waals surface area contributed by atoms with Gasteiger partial charge in [-0.1, -0.05) is 17.7 Å². The predicted molar refractivity (Wildman–Crippen MR) is 102 cm³/mol. The number of carbonyl (C=O) groups is 1. The van der Waals surface area contributed by atoms with E-state index in [2.05, 4.69) is 0 Å². The summed E-state index contributed by atoms with van der Waals surface area (Å²) in [5, 5.41) is 12.6. The fourth-order valence-electron chi connectivity index (χ4n) is 4.56. The molecule has 0 saturated heterocycles. The van der Waals surface area contributed by atoms with Gasteiger partial charge < -0.3 is 14.6 Å². The molecule has 0 unspecified atom stereocenters. The molecule has 27 heavy (non-hydrogen) atoms. The summed E-state index contributed by atoms with van der Waals surface area (Å²) >= 11 is 0. The number of hydrogen-bond donors (Lipinski definition) is 1. The minimum atomic E-state index is -0.857. The van der Waals surface area contributed by atoms with E-state index in [-0.39, 0.29) is 24.6 Å². The minimum Gasteiger partial charge on any atom is -0.509 e. The largest absolute Gasteiger partial charge is 0.509 e. The third-order valence-corrected chi connectivity index (χ3v) is 5.78. The van der Waals surface area contributed by atoms with Crippen LogP contribution in [0.25, 0.3) is 5.57 Å². The molecule has 1 heterocycles. The Kier molecular flexibility index (Phi) is 5.60. The standard InChI is InChI=1S/C21H29NO5/c1-13-10-14(2)17(15(3)11-13)18-19(23)21(8-6-16(26-5)7-9-21)22(20(18)24)27-12-25-4/h10-11,16,23H,6-9,12H2,1-5H3. The highest BCUT2D eigenvalue weighted by atomic mass is 16.8. The number of methoxy groups -OCH3 is 2. The molecule has 0 radical (unpaired) electrons. The molecule has 6 nitrogen and oxygen atoms in total. The SMILES string of the molecule is COCON1C(=O)C(c2c(C)cc(C)cc2C)=C(O)C12CCC(OC)CC2. The number of aliphatic hydroxyl groups is 1. The van der Waals surface area contributed by atoms with Gasteiger partial charge in [-0.25, -0.2) is 9.90 Å². The lowest BCUT2D eigenvalue weighted by Gasteiger charge is -2.41. The fraction of sp³-hybridized carbons (Fsp3) is 0.571. The molecule has 1 N–H and O–H groups in total. The van der Waals surface area contributed by atoms with Crippen molar-refractivity contribution in [1.29, 1.82) is 0 Å². The summed E-state index contributed by atoms with van der Waals surface area (Å²) in [7, 11) is 3.21. The summed E-state index contributed by atoms with van der Waals surface area (Å²) in [6, 6.07) is 4.06. The molecule has 3 rings (SSSR count). The first-order valence-corrected chi connectivity index (χ1v) is 9.37. The summed E-state index contributed by atoms with van der Waals surface area (Å²) < 4.78 is 10.5. The number of aryl methyl sites for hydroxylation is 3. The molecule has 0 aromatic heterocycles. The van der Waals surface area contributed by atoms with Gasteiger partial charge in [0.1, 0.15) is 11.3 Å². The number of carbonyl (C=O) groups excluding carboxylic acids is 1. The van der Waals surface area contributed by atoms with Gasteiger partial charge in [-0.3, -0.25) is 4.79 Å². The second kappa shape index (κ2) is 7.62. The minimum absolute atomic E-state index is 0.0480. The van der Waals surface area contributed by atoms with Gasteiger partial charge in [-0.15, -0.1) is 0 Å². The van der Waals surface area contributed by atoms with Crippen molar-refractivity contribution in [3.05, 3.63) is 40.1 Å². The van der Waals surface area contributed by atoms with Gasteiger partial charge in [0.25, 0.3) is 5.91 Å². The molecule has 6 heteroatoms. The van der Waals surface area contributed by atoms with Crippen LogP contribution in [0.2, 0.25) is 0 Å². The summed E-state index contributed by atoms with van der Waals surface area (Å²) in [5.41, 5.74) is 3.34. The van der Waals surface area contributed by atoms with Gasteiger partial charge >= 0.3 is 0 Å². The van der Waals surface area contributed by atoms with E-state index in [0.29, 0.717) is 18.4 Å². The number of aliphatic hydroxyl groups excluding tert-OH is 1. The van der Waals surface area contributed by atoms with Gasteiger partial charge in [0.15, 0.2) is 6.79 Å². The molecule has 1 fully saturated rings. The molecule has 1 aromatic carbocycles. The average Bonchev–Trinajstić information content (AvgIpc) is 2.82. The number of benzene rings is 1. The van der Waals surface area contributed by atoms with Crippen LogP contribution in [-0.2, 0) is 19.1 Å². The zero-order valence-corrected chi connectivity index (χ0v) is 16.8. The van der Waals surface area contributed by atoms with Crippen LogP contribution in [0, 0.1) is 20.8 Å².